The number of carbonyl (C=O) groups is 2. The molecule has 11 heteroatoms. The molecule has 2 aliphatic heterocycles. The van der Waals surface area contributed by atoms with Crippen molar-refractivity contribution in [3.63, 3.8) is 0 Å². The molecule has 4 aromatic heterocycles. The summed E-state index contributed by atoms with van der Waals surface area (Å²) in [7, 11) is 0. The first kappa shape index (κ1) is 34.6. The van der Waals surface area contributed by atoms with Gasteiger partial charge in [0.15, 0.2) is 0 Å². The van der Waals surface area contributed by atoms with Crippen molar-refractivity contribution < 1.29 is 9.59 Å². The predicted molar refractivity (Wildman–Crippen MR) is 184 cm³/mol. The van der Waals surface area contributed by atoms with E-state index < -0.39 is 0 Å². The molecule has 46 heavy (non-hydrogen) atoms. The maximum atomic E-state index is 12.2. The number of nitrogens with one attached hydrogen (secondary N) is 3. The number of nitrogens with zero attached hydrogens (tertiary/aromatic N) is 6. The Morgan fingerprint density at radius 2 is 1.54 bits per heavy atom. The highest BCUT2D eigenvalue weighted by Crippen LogP contribution is 2.26. The minimum Gasteiger partial charge on any atom is -0.365 e. The lowest BCUT2D eigenvalue weighted by molar-refractivity contribution is -0.134. The van der Waals surface area contributed by atoms with Crippen molar-refractivity contribution in [2.45, 2.75) is 104 Å². The van der Waals surface area contributed by atoms with Crippen molar-refractivity contribution in [2.24, 2.45) is 5.92 Å². The van der Waals surface area contributed by atoms with Crippen molar-refractivity contribution in [2.75, 3.05) is 18.4 Å². The highest BCUT2D eigenvalue weighted by atomic mass is 16.2. The molecular formula is C35H51N9O2. The third-order valence-electron chi connectivity index (χ3n) is 9.05. The third-order valence-corrected chi connectivity index (χ3v) is 9.05. The molecule has 6 rings (SSSR count). The van der Waals surface area contributed by atoms with E-state index in [0.717, 1.165) is 72.4 Å². The van der Waals surface area contributed by atoms with Crippen LogP contribution in [0.2, 0.25) is 0 Å². The fourth-order valence-electron chi connectivity index (χ4n) is 6.36. The number of hydrogen-bond acceptors (Lipinski definition) is 7. The van der Waals surface area contributed by atoms with Gasteiger partial charge in [-0.1, -0.05) is 26.8 Å². The van der Waals surface area contributed by atoms with Crippen LogP contribution in [0.15, 0.2) is 49.8 Å². The largest absolute Gasteiger partial charge is 0.365 e. The molecule has 2 aliphatic rings. The summed E-state index contributed by atoms with van der Waals surface area (Å²) in [6.07, 6.45) is 16.8. The molecule has 4 aromatic rings. The van der Waals surface area contributed by atoms with E-state index >= 15 is 0 Å². The molecule has 0 radical (unpaired) electrons. The van der Waals surface area contributed by atoms with E-state index in [2.05, 4.69) is 62.6 Å². The van der Waals surface area contributed by atoms with Crippen LogP contribution in [-0.2, 0) is 9.59 Å². The molecule has 0 saturated carbocycles. The SMILES string of the molecule is C=CC(=O)N1CC(CCC)CCC1C.CCCC(=O)N1CC(Nc2ncnc3[nH]ccc23)CCC1C.Cc1ncnc2[nH]ccc12. The maximum Gasteiger partial charge on any atom is 0.246 e. The van der Waals surface area contributed by atoms with Crippen molar-refractivity contribution in [1.82, 2.24) is 39.7 Å². The number of amides is 2. The van der Waals surface area contributed by atoms with Crippen LogP contribution in [0.3, 0.4) is 0 Å². The van der Waals surface area contributed by atoms with Gasteiger partial charge in [0.25, 0.3) is 0 Å². The van der Waals surface area contributed by atoms with Crippen LogP contribution in [0.5, 0.6) is 0 Å². The molecule has 3 N–H and O–H groups in total. The summed E-state index contributed by atoms with van der Waals surface area (Å²) >= 11 is 0. The van der Waals surface area contributed by atoms with E-state index in [1.54, 1.807) is 12.7 Å². The van der Waals surface area contributed by atoms with Crippen molar-refractivity contribution in [1.29, 1.82) is 0 Å². The monoisotopic (exact) mass is 629 g/mol. The van der Waals surface area contributed by atoms with Crippen LogP contribution in [0.4, 0.5) is 5.82 Å². The molecule has 0 aliphatic carbocycles. The van der Waals surface area contributed by atoms with Crippen molar-refractivity contribution >= 4 is 39.7 Å². The highest BCUT2D eigenvalue weighted by Gasteiger charge is 2.29. The lowest BCUT2D eigenvalue weighted by Crippen LogP contribution is -2.49. The van der Waals surface area contributed by atoms with E-state index in [1.807, 2.05) is 48.2 Å². The number of rotatable bonds is 7. The summed E-state index contributed by atoms with van der Waals surface area (Å²) in [5.41, 5.74) is 2.76. The number of piperidine rings is 2. The van der Waals surface area contributed by atoms with Gasteiger partial charge in [0.1, 0.15) is 29.8 Å². The number of aromatic amines is 2. The third kappa shape index (κ3) is 8.92. The minimum absolute atomic E-state index is 0.0957. The second-order valence-corrected chi connectivity index (χ2v) is 12.5. The Morgan fingerprint density at radius 3 is 2.22 bits per heavy atom. The average Bonchev–Trinajstić information content (AvgIpc) is 3.75. The second kappa shape index (κ2) is 16.9. The van der Waals surface area contributed by atoms with Gasteiger partial charge in [-0.05, 0) is 83.4 Å². The summed E-state index contributed by atoms with van der Waals surface area (Å²) in [5.74, 6) is 1.91. The smallest absolute Gasteiger partial charge is 0.246 e. The molecule has 0 spiro atoms. The molecule has 2 fully saturated rings. The standard InChI is InChI=1S/C16H23N5O.C12H21NO.C7H7N3/c1-3-4-14(22)21-9-12(6-5-11(21)2)20-16-13-7-8-17-15(13)18-10-19-16;1-4-6-11-8-7-10(3)13(9-11)12(14)5-2;1-5-6-2-3-8-7(6)10-4-9-5/h7-8,10-12H,3-6,9H2,1-2H3,(H2,17,18,19,20);5,10-11H,2,4,6-9H2,1,3H3;2-4H,1H3,(H,8,9,10). The molecule has 11 nitrogen and oxygen atoms in total. The number of aryl methyl sites for hydroxylation is 1. The lowest BCUT2D eigenvalue weighted by Gasteiger charge is -2.38. The molecular weight excluding hydrogens is 578 g/mol. The number of fused-ring (bicyclic) bond motifs is 2. The number of likely N-dealkylation sites (tertiary alicyclic amines) is 2. The molecule has 4 unspecified atom stereocenters. The number of aromatic nitrogens is 6. The molecule has 0 bridgehead atoms. The number of carbonyl (C=O) groups excluding carboxylic acids is 2. The highest BCUT2D eigenvalue weighted by molar-refractivity contribution is 5.87. The zero-order valence-corrected chi connectivity index (χ0v) is 28.1. The van der Waals surface area contributed by atoms with Gasteiger partial charge in [-0.3, -0.25) is 9.59 Å². The van der Waals surface area contributed by atoms with E-state index in [9.17, 15) is 9.59 Å². The Morgan fingerprint density at radius 1 is 0.891 bits per heavy atom. The van der Waals surface area contributed by atoms with Gasteiger partial charge in [0.2, 0.25) is 11.8 Å². The first-order valence-corrected chi connectivity index (χ1v) is 16.8. The quantitative estimate of drug-likeness (QED) is 0.201. The first-order valence-electron chi connectivity index (χ1n) is 16.8. The van der Waals surface area contributed by atoms with Crippen LogP contribution in [0.1, 0.15) is 84.8 Å². The van der Waals surface area contributed by atoms with Crippen LogP contribution >= 0.6 is 0 Å². The summed E-state index contributed by atoms with van der Waals surface area (Å²) < 4.78 is 0. The molecule has 0 aromatic carbocycles. The molecule has 2 saturated heterocycles. The van der Waals surface area contributed by atoms with Crippen LogP contribution in [0, 0.1) is 12.8 Å². The number of anilines is 1. The molecule has 2 amide bonds. The van der Waals surface area contributed by atoms with E-state index in [0.29, 0.717) is 24.4 Å². The number of hydrogen-bond donors (Lipinski definition) is 3. The average molecular weight is 630 g/mol. The van der Waals surface area contributed by atoms with E-state index in [-0.39, 0.29) is 17.9 Å². The van der Waals surface area contributed by atoms with Gasteiger partial charge in [-0.15, -0.1) is 0 Å². The topological polar surface area (TPSA) is 136 Å². The molecule has 4 atom stereocenters. The van der Waals surface area contributed by atoms with E-state index in [4.69, 9.17) is 0 Å². The summed E-state index contributed by atoms with van der Waals surface area (Å²) in [6.45, 7) is 15.7. The summed E-state index contributed by atoms with van der Waals surface area (Å²) in [4.78, 5) is 50.5. The zero-order chi connectivity index (χ0) is 33.1. The fourth-order valence-corrected chi connectivity index (χ4v) is 6.36. The Labute approximate surface area is 272 Å². The maximum absolute atomic E-state index is 12.2. The Kier molecular flexibility index (Phi) is 12.7. The molecule has 248 valence electrons. The van der Waals surface area contributed by atoms with Gasteiger partial charge < -0.3 is 25.1 Å². The first-order chi connectivity index (χ1) is 22.2. The zero-order valence-electron chi connectivity index (χ0n) is 28.1. The summed E-state index contributed by atoms with van der Waals surface area (Å²) in [5, 5.41) is 5.59. The van der Waals surface area contributed by atoms with Gasteiger partial charge in [-0.25, -0.2) is 19.9 Å². The second-order valence-electron chi connectivity index (χ2n) is 12.5. The lowest BCUT2D eigenvalue weighted by atomic mass is 9.90. The van der Waals surface area contributed by atoms with Crippen LogP contribution < -0.4 is 5.32 Å². The fraction of sp³-hybridized carbons (Fsp3) is 0.543. The van der Waals surface area contributed by atoms with Crippen LogP contribution in [0.25, 0.3) is 22.1 Å². The minimum atomic E-state index is 0.0957. The predicted octanol–water partition coefficient (Wildman–Crippen LogP) is 6.42. The Bertz CT molecular complexity index is 1560. The normalized spacial score (nSPS) is 21.2. The Hall–Kier alpha value is -4.28. The Balaban J connectivity index is 0.000000171. The van der Waals surface area contributed by atoms with E-state index in [1.165, 1.54) is 25.3 Å². The molecule has 6 heterocycles. The van der Waals surface area contributed by atoms with Gasteiger partial charge in [0, 0.05) is 55.4 Å². The van der Waals surface area contributed by atoms with Crippen molar-refractivity contribution in [3.8, 4) is 0 Å². The van der Waals surface area contributed by atoms with Crippen LogP contribution in [-0.4, -0.2) is 82.7 Å². The van der Waals surface area contributed by atoms with Crippen molar-refractivity contribution in [3.05, 3.63) is 55.5 Å². The number of H-pyrrole nitrogens is 2. The van der Waals surface area contributed by atoms with Gasteiger partial charge in [0.05, 0.1) is 11.1 Å². The van der Waals surface area contributed by atoms with Gasteiger partial charge >= 0.3 is 0 Å². The van der Waals surface area contributed by atoms with Gasteiger partial charge in [-0.2, -0.15) is 0 Å². The summed E-state index contributed by atoms with van der Waals surface area (Å²) in [6, 6.07) is 4.92.